The second kappa shape index (κ2) is 7.35. The zero-order chi connectivity index (χ0) is 21.0. The van der Waals surface area contributed by atoms with E-state index in [1.807, 2.05) is 0 Å². The predicted octanol–water partition coefficient (Wildman–Crippen LogP) is 4.90. The number of carbonyl (C=O) groups excluding carboxylic acids is 3. The van der Waals surface area contributed by atoms with Gasteiger partial charge in [0.05, 0.1) is 7.11 Å². The van der Waals surface area contributed by atoms with Crippen molar-refractivity contribution in [2.75, 3.05) is 7.11 Å². The van der Waals surface area contributed by atoms with E-state index in [2.05, 4.69) is 20.8 Å². The molecular formula is C25H36O4. The van der Waals surface area contributed by atoms with Crippen molar-refractivity contribution in [3.05, 3.63) is 11.6 Å². The van der Waals surface area contributed by atoms with E-state index in [0.29, 0.717) is 48.9 Å². The van der Waals surface area contributed by atoms with Gasteiger partial charge in [0.1, 0.15) is 0 Å². The SMILES string of the molecule is COC(=O)CCC(C)C1CCC2C3CC(=O)C4=CC(=O)CCC4(C)C3CCC12C. The van der Waals surface area contributed by atoms with E-state index in [1.54, 1.807) is 6.08 Å². The second-order valence-electron chi connectivity index (χ2n) is 10.8. The Balaban J connectivity index is 1.56. The van der Waals surface area contributed by atoms with Gasteiger partial charge in [-0.3, -0.25) is 14.4 Å². The minimum absolute atomic E-state index is 0.107. The minimum atomic E-state index is -0.114. The summed E-state index contributed by atoms with van der Waals surface area (Å²) in [5.41, 5.74) is 0.989. The number of Topliss-reactive ketones (excluding diaryl/α,β-unsaturated/α-hetero) is 1. The normalized spacial score (nSPS) is 42.4. The Bertz CT molecular complexity index is 752. The van der Waals surface area contributed by atoms with Crippen LogP contribution in [-0.2, 0) is 19.1 Å². The Morgan fingerprint density at radius 2 is 1.93 bits per heavy atom. The van der Waals surface area contributed by atoms with Gasteiger partial charge in [0.2, 0.25) is 0 Å². The topological polar surface area (TPSA) is 60.4 Å². The Kier molecular flexibility index (Phi) is 5.28. The summed E-state index contributed by atoms with van der Waals surface area (Å²) >= 11 is 0. The number of carbonyl (C=O) groups is 3. The van der Waals surface area contributed by atoms with Crippen molar-refractivity contribution >= 4 is 17.5 Å². The van der Waals surface area contributed by atoms with Crippen LogP contribution in [0.3, 0.4) is 0 Å². The standard InChI is InChI=1S/C25H36O4/c1-15(5-8-23(28)29-4)18-6-7-19-17-14-22(27)21-13-16(26)9-11-25(21,3)20(17)10-12-24(18,19)2/h13,15,17-20H,5-12,14H2,1-4H3. The molecule has 4 aliphatic carbocycles. The van der Waals surface area contributed by atoms with Gasteiger partial charge in [0.15, 0.2) is 11.6 Å². The largest absolute Gasteiger partial charge is 0.469 e. The first-order valence-electron chi connectivity index (χ1n) is 11.6. The summed E-state index contributed by atoms with van der Waals surface area (Å²) in [6.07, 6.45) is 9.90. The molecule has 0 radical (unpaired) electrons. The summed E-state index contributed by atoms with van der Waals surface area (Å²) in [6, 6.07) is 0. The summed E-state index contributed by atoms with van der Waals surface area (Å²) in [6.45, 7) is 7.02. The summed E-state index contributed by atoms with van der Waals surface area (Å²) in [7, 11) is 1.46. The molecule has 4 nitrogen and oxygen atoms in total. The van der Waals surface area contributed by atoms with E-state index in [4.69, 9.17) is 4.74 Å². The van der Waals surface area contributed by atoms with Crippen LogP contribution in [0.5, 0.6) is 0 Å². The monoisotopic (exact) mass is 400 g/mol. The zero-order valence-corrected chi connectivity index (χ0v) is 18.5. The molecule has 0 heterocycles. The lowest BCUT2D eigenvalue weighted by atomic mass is 9.46. The van der Waals surface area contributed by atoms with Crippen LogP contribution in [0.4, 0.5) is 0 Å². The van der Waals surface area contributed by atoms with Gasteiger partial charge in [0, 0.05) is 24.8 Å². The fourth-order valence-electron chi connectivity index (χ4n) is 8.01. The van der Waals surface area contributed by atoms with Gasteiger partial charge in [-0.2, -0.15) is 0 Å². The molecule has 0 spiro atoms. The molecule has 0 aromatic carbocycles. The molecule has 0 aliphatic heterocycles. The maximum absolute atomic E-state index is 13.1. The van der Waals surface area contributed by atoms with Gasteiger partial charge < -0.3 is 4.74 Å². The van der Waals surface area contributed by atoms with Crippen molar-refractivity contribution < 1.29 is 19.1 Å². The number of methoxy groups -OCH3 is 1. The van der Waals surface area contributed by atoms with Crippen LogP contribution >= 0.6 is 0 Å². The molecule has 4 rings (SSSR count). The van der Waals surface area contributed by atoms with Gasteiger partial charge in [-0.15, -0.1) is 0 Å². The number of esters is 1. The summed E-state index contributed by atoms with van der Waals surface area (Å²) in [5, 5.41) is 0. The van der Waals surface area contributed by atoms with Crippen molar-refractivity contribution in [1.82, 2.24) is 0 Å². The van der Waals surface area contributed by atoms with Crippen molar-refractivity contribution in [1.29, 1.82) is 0 Å². The molecule has 0 aromatic heterocycles. The van der Waals surface area contributed by atoms with E-state index in [-0.39, 0.29) is 28.4 Å². The van der Waals surface area contributed by atoms with E-state index >= 15 is 0 Å². The molecule has 7 unspecified atom stereocenters. The lowest BCUT2D eigenvalue weighted by Gasteiger charge is -2.57. The molecule has 29 heavy (non-hydrogen) atoms. The van der Waals surface area contributed by atoms with Crippen molar-refractivity contribution in [2.45, 2.75) is 78.6 Å². The van der Waals surface area contributed by atoms with E-state index in [9.17, 15) is 14.4 Å². The Labute approximate surface area is 174 Å². The third-order valence-electron chi connectivity index (χ3n) is 9.58. The first-order chi connectivity index (χ1) is 13.7. The van der Waals surface area contributed by atoms with Crippen LogP contribution in [0.1, 0.15) is 78.6 Å². The van der Waals surface area contributed by atoms with Crippen LogP contribution in [-0.4, -0.2) is 24.6 Å². The number of rotatable bonds is 4. The molecule has 0 N–H and O–H groups in total. The van der Waals surface area contributed by atoms with Gasteiger partial charge in [0.25, 0.3) is 0 Å². The summed E-state index contributed by atoms with van der Waals surface area (Å²) < 4.78 is 4.84. The van der Waals surface area contributed by atoms with Gasteiger partial charge >= 0.3 is 5.97 Å². The quantitative estimate of drug-likeness (QED) is 0.630. The smallest absolute Gasteiger partial charge is 0.305 e. The molecule has 160 valence electrons. The highest BCUT2D eigenvalue weighted by molar-refractivity contribution is 6.05. The number of hydrogen-bond acceptors (Lipinski definition) is 4. The Morgan fingerprint density at radius 1 is 1.17 bits per heavy atom. The molecule has 0 amide bonds. The average Bonchev–Trinajstić information content (AvgIpc) is 3.05. The predicted molar refractivity (Wildman–Crippen MR) is 111 cm³/mol. The Morgan fingerprint density at radius 3 is 2.66 bits per heavy atom. The molecular weight excluding hydrogens is 364 g/mol. The van der Waals surface area contributed by atoms with Crippen molar-refractivity contribution in [3.8, 4) is 0 Å². The van der Waals surface area contributed by atoms with Gasteiger partial charge in [-0.05, 0) is 85.0 Å². The Hall–Kier alpha value is -1.45. The molecule has 3 saturated carbocycles. The first kappa shape index (κ1) is 20.8. The van der Waals surface area contributed by atoms with Crippen LogP contribution in [0.25, 0.3) is 0 Å². The van der Waals surface area contributed by atoms with Crippen molar-refractivity contribution in [2.24, 2.45) is 40.4 Å². The van der Waals surface area contributed by atoms with Crippen molar-refractivity contribution in [3.63, 3.8) is 0 Å². The van der Waals surface area contributed by atoms with Crippen LogP contribution in [0, 0.1) is 40.4 Å². The molecule has 4 heteroatoms. The van der Waals surface area contributed by atoms with Gasteiger partial charge in [-0.1, -0.05) is 20.8 Å². The number of fused-ring (bicyclic) bond motifs is 5. The number of allylic oxidation sites excluding steroid dienone is 1. The molecule has 7 atom stereocenters. The van der Waals surface area contributed by atoms with E-state index in [1.165, 1.54) is 26.4 Å². The molecule has 3 fully saturated rings. The zero-order valence-electron chi connectivity index (χ0n) is 18.5. The number of ketones is 2. The molecule has 0 aromatic rings. The minimum Gasteiger partial charge on any atom is -0.469 e. The van der Waals surface area contributed by atoms with Crippen LogP contribution in [0.15, 0.2) is 11.6 Å². The highest BCUT2D eigenvalue weighted by atomic mass is 16.5. The maximum atomic E-state index is 13.1. The van der Waals surface area contributed by atoms with Gasteiger partial charge in [-0.25, -0.2) is 0 Å². The fourth-order valence-corrected chi connectivity index (χ4v) is 8.01. The molecule has 4 aliphatic rings. The third-order valence-corrected chi connectivity index (χ3v) is 9.58. The second-order valence-corrected chi connectivity index (χ2v) is 10.8. The molecule has 0 bridgehead atoms. The maximum Gasteiger partial charge on any atom is 0.305 e. The van der Waals surface area contributed by atoms with Crippen LogP contribution < -0.4 is 0 Å². The summed E-state index contributed by atoms with van der Waals surface area (Å²) in [5.74, 6) is 2.93. The number of ether oxygens (including phenoxy) is 1. The van der Waals surface area contributed by atoms with Crippen LogP contribution in [0.2, 0.25) is 0 Å². The first-order valence-corrected chi connectivity index (χ1v) is 11.6. The van der Waals surface area contributed by atoms with E-state index in [0.717, 1.165) is 24.8 Å². The fraction of sp³-hybridized carbons (Fsp3) is 0.800. The lowest BCUT2D eigenvalue weighted by molar-refractivity contribution is -0.141. The average molecular weight is 401 g/mol. The highest BCUT2D eigenvalue weighted by Gasteiger charge is 2.61. The number of hydrogen-bond donors (Lipinski definition) is 0. The lowest BCUT2D eigenvalue weighted by Crippen LogP contribution is -2.53. The molecule has 0 saturated heterocycles. The third kappa shape index (κ3) is 3.21. The van der Waals surface area contributed by atoms with E-state index < -0.39 is 0 Å². The summed E-state index contributed by atoms with van der Waals surface area (Å²) in [4.78, 5) is 36.7. The highest BCUT2D eigenvalue weighted by Crippen LogP contribution is 2.67.